The second kappa shape index (κ2) is 8.06. The van der Waals surface area contributed by atoms with Gasteiger partial charge in [-0.3, -0.25) is 20.4 Å². The van der Waals surface area contributed by atoms with E-state index < -0.39 is 5.91 Å². The Bertz CT molecular complexity index is 834. The van der Waals surface area contributed by atoms with Crippen molar-refractivity contribution >= 4 is 11.8 Å². The highest BCUT2D eigenvalue weighted by Crippen LogP contribution is 2.20. The van der Waals surface area contributed by atoms with Crippen LogP contribution >= 0.6 is 0 Å². The van der Waals surface area contributed by atoms with E-state index in [1.54, 1.807) is 4.68 Å². The minimum Gasteiger partial charge on any atom is -0.273 e. The molecule has 2 aromatic carbocycles. The number of hydrogen-bond acceptors (Lipinski definition) is 4. The van der Waals surface area contributed by atoms with E-state index in [-0.39, 0.29) is 11.7 Å². The van der Waals surface area contributed by atoms with Crippen LogP contribution in [0, 0.1) is 0 Å². The molecule has 7 heteroatoms. The Hall–Kier alpha value is -3.48. The second-order valence-corrected chi connectivity index (χ2v) is 5.62. The van der Waals surface area contributed by atoms with E-state index in [2.05, 4.69) is 20.9 Å². The van der Waals surface area contributed by atoms with E-state index in [4.69, 9.17) is 0 Å². The monoisotopic (exact) mass is 349 g/mol. The van der Waals surface area contributed by atoms with Gasteiger partial charge in [0.15, 0.2) is 5.82 Å². The van der Waals surface area contributed by atoms with Gasteiger partial charge in [0.1, 0.15) is 0 Å². The van der Waals surface area contributed by atoms with E-state index in [0.717, 1.165) is 11.3 Å². The summed E-state index contributed by atoms with van der Waals surface area (Å²) < 4.78 is 1.61. The molecule has 0 atom stereocenters. The quantitative estimate of drug-likeness (QED) is 0.693. The van der Waals surface area contributed by atoms with Gasteiger partial charge < -0.3 is 0 Å². The average Bonchev–Trinajstić information content (AvgIpc) is 3.13. The molecule has 26 heavy (non-hydrogen) atoms. The van der Waals surface area contributed by atoms with Gasteiger partial charge in [-0.25, -0.2) is 9.67 Å². The van der Waals surface area contributed by atoms with Gasteiger partial charge in [0.25, 0.3) is 0 Å². The zero-order valence-electron chi connectivity index (χ0n) is 14.3. The molecule has 132 valence electrons. The van der Waals surface area contributed by atoms with Crippen LogP contribution in [0.4, 0.5) is 0 Å². The van der Waals surface area contributed by atoms with Crippen LogP contribution < -0.4 is 10.9 Å². The maximum atomic E-state index is 12.3. The number of nitrogens with one attached hydrogen (secondary N) is 2. The van der Waals surface area contributed by atoms with Gasteiger partial charge in [0.2, 0.25) is 11.7 Å². The Morgan fingerprint density at radius 3 is 2.27 bits per heavy atom. The molecule has 0 aliphatic carbocycles. The Kier molecular flexibility index (Phi) is 5.38. The standard InChI is InChI=1S/C19H19N5O2/c1-2-9-16(25)21-22-19(26)17-20-18(14-10-5-3-6-11-14)24(23-17)15-12-7-4-8-13-15/h3-8,10-13H,2,9H2,1H3,(H,21,25)(H,22,26). The summed E-state index contributed by atoms with van der Waals surface area (Å²) in [6.07, 6.45) is 1.03. The number of carbonyl (C=O) groups excluding carboxylic acids is 2. The molecule has 0 saturated carbocycles. The lowest BCUT2D eigenvalue weighted by atomic mass is 10.2. The van der Waals surface area contributed by atoms with Crippen molar-refractivity contribution in [2.45, 2.75) is 19.8 Å². The molecule has 0 radical (unpaired) electrons. The van der Waals surface area contributed by atoms with E-state index >= 15 is 0 Å². The minimum absolute atomic E-state index is 0.0236. The molecule has 0 fully saturated rings. The molecule has 7 nitrogen and oxygen atoms in total. The Balaban J connectivity index is 1.92. The molecular weight excluding hydrogens is 330 g/mol. The van der Waals surface area contributed by atoms with Crippen molar-refractivity contribution in [2.24, 2.45) is 0 Å². The largest absolute Gasteiger partial charge is 0.309 e. The van der Waals surface area contributed by atoms with Crippen LogP contribution in [-0.4, -0.2) is 26.6 Å². The summed E-state index contributed by atoms with van der Waals surface area (Å²) in [6, 6.07) is 18.9. The molecule has 1 aromatic heterocycles. The fraction of sp³-hybridized carbons (Fsp3) is 0.158. The molecule has 0 aliphatic heterocycles. The molecule has 0 bridgehead atoms. The lowest BCUT2D eigenvalue weighted by molar-refractivity contribution is -0.121. The SMILES string of the molecule is CCCC(=O)NNC(=O)c1nc(-c2ccccc2)n(-c2ccccc2)n1. The molecule has 2 amide bonds. The van der Waals surface area contributed by atoms with Crippen molar-refractivity contribution < 1.29 is 9.59 Å². The van der Waals surface area contributed by atoms with Crippen molar-refractivity contribution in [1.29, 1.82) is 0 Å². The number of carbonyl (C=O) groups is 2. The van der Waals surface area contributed by atoms with Crippen LogP contribution in [0.1, 0.15) is 30.4 Å². The summed E-state index contributed by atoms with van der Waals surface area (Å²) in [4.78, 5) is 28.2. The first-order valence-corrected chi connectivity index (χ1v) is 8.36. The fourth-order valence-electron chi connectivity index (χ4n) is 2.40. The minimum atomic E-state index is -0.568. The van der Waals surface area contributed by atoms with Crippen LogP contribution in [0.3, 0.4) is 0 Å². The molecule has 2 N–H and O–H groups in total. The average molecular weight is 349 g/mol. The third kappa shape index (κ3) is 3.94. The first-order valence-electron chi connectivity index (χ1n) is 8.36. The predicted octanol–water partition coefficient (Wildman–Crippen LogP) is 2.50. The van der Waals surface area contributed by atoms with Gasteiger partial charge in [-0.1, -0.05) is 55.5 Å². The third-order valence-electron chi connectivity index (χ3n) is 3.64. The van der Waals surface area contributed by atoms with Crippen molar-refractivity contribution in [1.82, 2.24) is 25.6 Å². The highest BCUT2D eigenvalue weighted by molar-refractivity contribution is 5.92. The summed E-state index contributed by atoms with van der Waals surface area (Å²) in [7, 11) is 0. The number of hydrogen-bond donors (Lipinski definition) is 2. The fourth-order valence-corrected chi connectivity index (χ4v) is 2.40. The highest BCUT2D eigenvalue weighted by atomic mass is 16.2. The van der Waals surface area contributed by atoms with Gasteiger partial charge in [-0.05, 0) is 18.6 Å². The van der Waals surface area contributed by atoms with Gasteiger partial charge in [-0.2, -0.15) is 0 Å². The van der Waals surface area contributed by atoms with E-state index in [1.807, 2.05) is 67.6 Å². The van der Waals surface area contributed by atoms with Crippen LogP contribution in [0.5, 0.6) is 0 Å². The smallest absolute Gasteiger partial charge is 0.273 e. The van der Waals surface area contributed by atoms with E-state index in [9.17, 15) is 9.59 Å². The molecule has 3 rings (SSSR count). The second-order valence-electron chi connectivity index (χ2n) is 5.62. The maximum Gasteiger partial charge on any atom is 0.309 e. The highest BCUT2D eigenvalue weighted by Gasteiger charge is 2.18. The van der Waals surface area contributed by atoms with Gasteiger partial charge in [0, 0.05) is 12.0 Å². The zero-order valence-corrected chi connectivity index (χ0v) is 14.3. The van der Waals surface area contributed by atoms with E-state index in [0.29, 0.717) is 18.7 Å². The van der Waals surface area contributed by atoms with Crippen LogP contribution in [0.15, 0.2) is 60.7 Å². The van der Waals surface area contributed by atoms with Crippen molar-refractivity contribution in [3.05, 3.63) is 66.5 Å². The van der Waals surface area contributed by atoms with Crippen LogP contribution in [0.25, 0.3) is 17.1 Å². The molecule has 3 aromatic rings. The first kappa shape index (κ1) is 17.3. The summed E-state index contributed by atoms with van der Waals surface area (Å²) >= 11 is 0. The normalized spacial score (nSPS) is 10.3. The number of hydrazine groups is 1. The molecule has 0 spiro atoms. The van der Waals surface area contributed by atoms with Gasteiger partial charge in [0.05, 0.1) is 5.69 Å². The topological polar surface area (TPSA) is 88.9 Å². The Labute approximate surface area is 151 Å². The van der Waals surface area contributed by atoms with Crippen LogP contribution in [0.2, 0.25) is 0 Å². The molecular formula is C19H19N5O2. The Morgan fingerprint density at radius 2 is 1.62 bits per heavy atom. The lowest BCUT2D eigenvalue weighted by Crippen LogP contribution is -2.41. The number of rotatable bonds is 5. The molecule has 0 unspecified atom stereocenters. The van der Waals surface area contributed by atoms with Crippen molar-refractivity contribution in [3.8, 4) is 17.1 Å². The number of nitrogens with zero attached hydrogens (tertiary/aromatic N) is 3. The third-order valence-corrected chi connectivity index (χ3v) is 3.64. The van der Waals surface area contributed by atoms with E-state index in [1.165, 1.54) is 0 Å². The summed E-state index contributed by atoms with van der Waals surface area (Å²) in [5.41, 5.74) is 6.33. The Morgan fingerprint density at radius 1 is 0.962 bits per heavy atom. The van der Waals surface area contributed by atoms with Crippen molar-refractivity contribution in [2.75, 3.05) is 0 Å². The first-order chi connectivity index (χ1) is 12.7. The number of aromatic nitrogens is 3. The number of benzene rings is 2. The van der Waals surface area contributed by atoms with Crippen LogP contribution in [-0.2, 0) is 4.79 Å². The number of amides is 2. The molecule has 0 aliphatic rings. The van der Waals surface area contributed by atoms with Gasteiger partial charge in [-0.15, -0.1) is 5.10 Å². The lowest BCUT2D eigenvalue weighted by Gasteiger charge is -2.05. The maximum absolute atomic E-state index is 12.3. The van der Waals surface area contributed by atoms with Crippen molar-refractivity contribution in [3.63, 3.8) is 0 Å². The summed E-state index contributed by atoms with van der Waals surface area (Å²) in [5.74, 6) is -0.306. The predicted molar refractivity (Wildman–Crippen MR) is 97.3 cm³/mol. The summed E-state index contributed by atoms with van der Waals surface area (Å²) in [5, 5.41) is 4.32. The molecule has 1 heterocycles. The van der Waals surface area contributed by atoms with Gasteiger partial charge >= 0.3 is 5.91 Å². The summed E-state index contributed by atoms with van der Waals surface area (Å²) in [6.45, 7) is 1.89. The molecule has 0 saturated heterocycles. The number of para-hydroxylation sites is 1. The zero-order chi connectivity index (χ0) is 18.4.